The minimum atomic E-state index is 0. The Hall–Kier alpha value is -1.02. The number of anilines is 1. The van der Waals surface area contributed by atoms with Crippen LogP contribution < -0.4 is 15.5 Å². The monoisotopic (exact) mass is 486 g/mol. The van der Waals surface area contributed by atoms with Crippen molar-refractivity contribution in [3.05, 3.63) is 29.8 Å². The number of rotatable bonds is 7. The summed E-state index contributed by atoms with van der Waals surface area (Å²) in [5, 5.41) is 6.99. The van der Waals surface area contributed by atoms with E-state index in [1.807, 2.05) is 7.05 Å². The van der Waals surface area contributed by atoms with Crippen LogP contribution in [0.3, 0.4) is 0 Å². The van der Waals surface area contributed by atoms with E-state index in [0.29, 0.717) is 12.1 Å². The van der Waals surface area contributed by atoms with Crippen LogP contribution in [0.15, 0.2) is 29.3 Å². The maximum Gasteiger partial charge on any atom is 0.191 e. The van der Waals surface area contributed by atoms with Crippen LogP contribution in [0.25, 0.3) is 0 Å². The van der Waals surface area contributed by atoms with Crippen molar-refractivity contribution in [1.82, 2.24) is 10.6 Å². The van der Waals surface area contributed by atoms with Gasteiger partial charge in [-0.15, -0.1) is 24.0 Å². The molecule has 2 N–H and O–H groups in total. The van der Waals surface area contributed by atoms with E-state index in [2.05, 4.69) is 51.7 Å². The van der Waals surface area contributed by atoms with Gasteiger partial charge in [-0.1, -0.05) is 30.5 Å². The van der Waals surface area contributed by atoms with Crippen molar-refractivity contribution < 1.29 is 4.74 Å². The average Bonchev–Trinajstić information content (AvgIpc) is 3.33. The maximum atomic E-state index is 5.92. The first-order valence-corrected chi connectivity index (χ1v) is 10.1. The Labute approximate surface area is 181 Å². The van der Waals surface area contributed by atoms with E-state index in [0.717, 1.165) is 45.0 Å². The standard InChI is InChI=1S/C21H34N4O.HI/c1-17-8-10-19(11-9-17)25-14-12-18(16-25)24-21(22-2)23-13-5-15-26-20-6-3-4-7-20;/h8-11,18,20H,3-7,12-16H2,1-2H3,(H2,22,23,24);1H. The molecule has 1 saturated heterocycles. The van der Waals surface area contributed by atoms with Crippen LogP contribution in [0.4, 0.5) is 5.69 Å². The lowest BCUT2D eigenvalue weighted by atomic mass is 10.2. The number of guanidine groups is 1. The summed E-state index contributed by atoms with van der Waals surface area (Å²) in [6, 6.07) is 9.25. The number of hydrogen-bond donors (Lipinski definition) is 2. The van der Waals surface area contributed by atoms with Crippen molar-refractivity contribution in [2.75, 3.05) is 38.2 Å². The predicted octanol–water partition coefficient (Wildman–Crippen LogP) is 3.71. The summed E-state index contributed by atoms with van der Waals surface area (Å²) < 4.78 is 5.92. The predicted molar refractivity (Wildman–Crippen MR) is 125 cm³/mol. The van der Waals surface area contributed by atoms with Gasteiger partial charge < -0.3 is 20.3 Å². The summed E-state index contributed by atoms with van der Waals surface area (Å²) in [4.78, 5) is 6.82. The molecule has 152 valence electrons. The Balaban J connectivity index is 0.00000261. The molecule has 1 aromatic rings. The molecule has 1 aliphatic heterocycles. The fourth-order valence-electron chi connectivity index (χ4n) is 3.84. The average molecular weight is 486 g/mol. The minimum absolute atomic E-state index is 0. The summed E-state index contributed by atoms with van der Waals surface area (Å²) in [6.45, 7) is 5.99. The Morgan fingerprint density at radius 3 is 2.63 bits per heavy atom. The van der Waals surface area contributed by atoms with Crippen molar-refractivity contribution >= 4 is 35.6 Å². The summed E-state index contributed by atoms with van der Waals surface area (Å²) in [6.07, 6.45) is 7.84. The molecule has 1 atom stereocenters. The van der Waals surface area contributed by atoms with Gasteiger partial charge in [0.2, 0.25) is 0 Å². The highest BCUT2D eigenvalue weighted by Gasteiger charge is 2.23. The van der Waals surface area contributed by atoms with Crippen molar-refractivity contribution in [2.24, 2.45) is 4.99 Å². The van der Waals surface area contributed by atoms with Gasteiger partial charge in [0.05, 0.1) is 6.10 Å². The molecule has 1 aliphatic carbocycles. The van der Waals surface area contributed by atoms with Crippen LogP contribution >= 0.6 is 24.0 Å². The Morgan fingerprint density at radius 2 is 1.93 bits per heavy atom. The lowest BCUT2D eigenvalue weighted by Gasteiger charge is -2.20. The molecule has 2 aliphatic rings. The number of nitrogens with zero attached hydrogens (tertiary/aromatic N) is 2. The molecular weight excluding hydrogens is 451 g/mol. The molecule has 0 amide bonds. The number of aryl methyl sites for hydroxylation is 1. The third kappa shape index (κ3) is 7.14. The molecule has 3 rings (SSSR count). The number of aliphatic imine (C=N–C) groups is 1. The van der Waals surface area contributed by atoms with Crippen molar-refractivity contribution in [3.8, 4) is 0 Å². The van der Waals surface area contributed by atoms with Crippen molar-refractivity contribution in [3.63, 3.8) is 0 Å². The molecular formula is C21H35IN4O. The van der Waals surface area contributed by atoms with E-state index < -0.39 is 0 Å². The van der Waals surface area contributed by atoms with Crippen LogP contribution in [0, 0.1) is 6.92 Å². The molecule has 0 bridgehead atoms. The first-order chi connectivity index (χ1) is 12.7. The zero-order valence-corrected chi connectivity index (χ0v) is 19.1. The highest BCUT2D eigenvalue weighted by molar-refractivity contribution is 14.0. The smallest absolute Gasteiger partial charge is 0.191 e. The summed E-state index contributed by atoms with van der Waals surface area (Å²) in [5.74, 6) is 0.904. The summed E-state index contributed by atoms with van der Waals surface area (Å²) >= 11 is 0. The number of ether oxygens (including phenoxy) is 1. The molecule has 2 fully saturated rings. The summed E-state index contributed by atoms with van der Waals surface area (Å²) in [5.41, 5.74) is 2.62. The molecule has 0 aromatic heterocycles. The van der Waals surface area contributed by atoms with E-state index in [4.69, 9.17) is 4.74 Å². The van der Waals surface area contributed by atoms with Gasteiger partial charge in [-0.3, -0.25) is 4.99 Å². The largest absolute Gasteiger partial charge is 0.378 e. The van der Waals surface area contributed by atoms with Gasteiger partial charge in [0, 0.05) is 45.0 Å². The number of hydrogen-bond acceptors (Lipinski definition) is 3. The quantitative estimate of drug-likeness (QED) is 0.267. The maximum absolute atomic E-state index is 5.92. The molecule has 1 heterocycles. The Kier molecular flexibility index (Phi) is 9.68. The lowest BCUT2D eigenvalue weighted by Crippen LogP contribution is -2.45. The second-order valence-corrected chi connectivity index (χ2v) is 7.54. The van der Waals surface area contributed by atoms with Crippen LogP contribution in [0.2, 0.25) is 0 Å². The van der Waals surface area contributed by atoms with Crippen LogP contribution in [0.1, 0.15) is 44.1 Å². The number of nitrogens with one attached hydrogen (secondary N) is 2. The van der Waals surface area contributed by atoms with Gasteiger partial charge in [-0.2, -0.15) is 0 Å². The molecule has 1 aromatic carbocycles. The van der Waals surface area contributed by atoms with Gasteiger partial charge in [0.15, 0.2) is 5.96 Å². The fraction of sp³-hybridized carbons (Fsp3) is 0.667. The first kappa shape index (κ1) is 22.3. The summed E-state index contributed by atoms with van der Waals surface area (Å²) in [7, 11) is 1.84. The van der Waals surface area contributed by atoms with E-state index in [-0.39, 0.29) is 24.0 Å². The van der Waals surface area contributed by atoms with Gasteiger partial charge in [-0.05, 0) is 44.7 Å². The zero-order valence-electron chi connectivity index (χ0n) is 16.7. The van der Waals surface area contributed by atoms with Crippen LogP contribution in [-0.2, 0) is 4.74 Å². The molecule has 1 unspecified atom stereocenters. The molecule has 0 spiro atoms. The highest BCUT2D eigenvalue weighted by Crippen LogP contribution is 2.21. The molecule has 6 heteroatoms. The third-order valence-electron chi connectivity index (χ3n) is 5.42. The number of halogens is 1. The van der Waals surface area contributed by atoms with E-state index >= 15 is 0 Å². The van der Waals surface area contributed by atoms with Gasteiger partial charge in [0.25, 0.3) is 0 Å². The zero-order chi connectivity index (χ0) is 18.2. The normalized spacial score (nSPS) is 20.6. The minimum Gasteiger partial charge on any atom is -0.378 e. The Morgan fingerprint density at radius 1 is 1.19 bits per heavy atom. The second kappa shape index (κ2) is 11.7. The van der Waals surface area contributed by atoms with Crippen LogP contribution in [0.5, 0.6) is 0 Å². The van der Waals surface area contributed by atoms with E-state index in [1.165, 1.54) is 36.9 Å². The van der Waals surface area contributed by atoms with Crippen molar-refractivity contribution in [1.29, 1.82) is 0 Å². The fourth-order valence-corrected chi connectivity index (χ4v) is 3.84. The highest BCUT2D eigenvalue weighted by atomic mass is 127. The van der Waals surface area contributed by atoms with Gasteiger partial charge in [-0.25, -0.2) is 0 Å². The first-order valence-electron chi connectivity index (χ1n) is 10.1. The molecule has 5 nitrogen and oxygen atoms in total. The molecule has 27 heavy (non-hydrogen) atoms. The molecule has 0 radical (unpaired) electrons. The van der Waals surface area contributed by atoms with E-state index in [1.54, 1.807) is 0 Å². The number of benzene rings is 1. The topological polar surface area (TPSA) is 48.9 Å². The Bertz CT molecular complexity index is 572. The van der Waals surface area contributed by atoms with Crippen molar-refractivity contribution in [2.45, 2.75) is 57.6 Å². The van der Waals surface area contributed by atoms with Gasteiger partial charge in [0.1, 0.15) is 0 Å². The second-order valence-electron chi connectivity index (χ2n) is 7.54. The third-order valence-corrected chi connectivity index (χ3v) is 5.42. The molecule has 1 saturated carbocycles. The van der Waals surface area contributed by atoms with E-state index in [9.17, 15) is 0 Å². The van der Waals surface area contributed by atoms with Gasteiger partial charge >= 0.3 is 0 Å². The SMILES string of the molecule is CN=C(NCCCOC1CCCC1)NC1CCN(c2ccc(C)cc2)C1.I. The lowest BCUT2D eigenvalue weighted by molar-refractivity contribution is 0.0574. The van der Waals surface area contributed by atoms with Crippen LogP contribution in [-0.4, -0.2) is 51.4 Å².